The van der Waals surface area contributed by atoms with Crippen LogP contribution < -0.4 is 5.32 Å². The molecule has 1 unspecified atom stereocenters. The third-order valence-electron chi connectivity index (χ3n) is 3.45. The van der Waals surface area contributed by atoms with Crippen molar-refractivity contribution in [1.82, 2.24) is 5.32 Å². The van der Waals surface area contributed by atoms with Crippen LogP contribution >= 0.6 is 11.6 Å². The van der Waals surface area contributed by atoms with Gasteiger partial charge >= 0.3 is 5.97 Å². The van der Waals surface area contributed by atoms with E-state index in [-0.39, 0.29) is 5.02 Å². The molecule has 18 heavy (non-hydrogen) atoms. The van der Waals surface area contributed by atoms with E-state index in [0.717, 1.165) is 18.5 Å². The summed E-state index contributed by atoms with van der Waals surface area (Å²) in [5.41, 5.74) is -0.0492. The molecular weight excluding hydrogens is 257 g/mol. The SMILES string of the molecule is O=C(O)C1(Cc2ccc(F)c(Cl)c2)CCCNC1. The number of hydrogen-bond donors (Lipinski definition) is 2. The molecule has 0 radical (unpaired) electrons. The van der Waals surface area contributed by atoms with Gasteiger partial charge in [-0.25, -0.2) is 4.39 Å². The first-order valence-electron chi connectivity index (χ1n) is 5.92. The molecule has 2 N–H and O–H groups in total. The molecule has 0 saturated carbocycles. The average Bonchev–Trinajstić information content (AvgIpc) is 2.35. The molecule has 0 aromatic heterocycles. The summed E-state index contributed by atoms with van der Waals surface area (Å²) < 4.78 is 13.1. The summed E-state index contributed by atoms with van der Waals surface area (Å²) in [5.74, 6) is -1.29. The molecule has 0 amide bonds. The van der Waals surface area contributed by atoms with E-state index < -0.39 is 17.2 Å². The monoisotopic (exact) mass is 271 g/mol. The number of rotatable bonds is 3. The summed E-state index contributed by atoms with van der Waals surface area (Å²) in [7, 11) is 0. The van der Waals surface area contributed by atoms with Crippen LogP contribution in [0.1, 0.15) is 18.4 Å². The van der Waals surface area contributed by atoms with Crippen molar-refractivity contribution in [1.29, 1.82) is 0 Å². The molecule has 1 fully saturated rings. The third-order valence-corrected chi connectivity index (χ3v) is 3.74. The van der Waals surface area contributed by atoms with Crippen molar-refractivity contribution in [2.24, 2.45) is 5.41 Å². The zero-order chi connectivity index (χ0) is 13.2. The van der Waals surface area contributed by atoms with Gasteiger partial charge < -0.3 is 10.4 Å². The number of aliphatic carboxylic acids is 1. The molecule has 5 heteroatoms. The molecule has 3 nitrogen and oxygen atoms in total. The highest BCUT2D eigenvalue weighted by Gasteiger charge is 2.39. The van der Waals surface area contributed by atoms with Gasteiger partial charge in [-0.3, -0.25) is 4.79 Å². The minimum Gasteiger partial charge on any atom is -0.481 e. The van der Waals surface area contributed by atoms with Crippen LogP contribution in [-0.4, -0.2) is 24.2 Å². The largest absolute Gasteiger partial charge is 0.481 e. The molecule has 2 rings (SSSR count). The van der Waals surface area contributed by atoms with E-state index in [0.29, 0.717) is 19.4 Å². The van der Waals surface area contributed by atoms with Gasteiger partial charge in [-0.1, -0.05) is 17.7 Å². The van der Waals surface area contributed by atoms with Crippen molar-refractivity contribution in [3.8, 4) is 0 Å². The molecule has 98 valence electrons. The lowest BCUT2D eigenvalue weighted by Gasteiger charge is -2.33. The molecule has 1 saturated heterocycles. The van der Waals surface area contributed by atoms with E-state index in [1.807, 2.05) is 0 Å². The maximum atomic E-state index is 13.1. The van der Waals surface area contributed by atoms with Crippen LogP contribution in [0.3, 0.4) is 0 Å². The van der Waals surface area contributed by atoms with E-state index in [4.69, 9.17) is 11.6 Å². The number of benzene rings is 1. The predicted octanol–water partition coefficient (Wildman–Crippen LogP) is 2.48. The van der Waals surface area contributed by atoms with E-state index in [1.165, 1.54) is 12.1 Å². The maximum absolute atomic E-state index is 13.1. The van der Waals surface area contributed by atoms with Gasteiger partial charge in [0.05, 0.1) is 10.4 Å². The number of carbonyl (C=O) groups is 1. The van der Waals surface area contributed by atoms with Gasteiger partial charge in [-0.15, -0.1) is 0 Å². The second-order valence-corrected chi connectivity index (χ2v) is 5.20. The lowest BCUT2D eigenvalue weighted by molar-refractivity contribution is -0.150. The number of piperidine rings is 1. The van der Waals surface area contributed by atoms with Crippen LogP contribution in [0.5, 0.6) is 0 Å². The number of carboxylic acids is 1. The van der Waals surface area contributed by atoms with Crippen molar-refractivity contribution >= 4 is 17.6 Å². The highest BCUT2D eigenvalue weighted by atomic mass is 35.5. The summed E-state index contributed by atoms with van der Waals surface area (Å²) in [5, 5.41) is 12.6. The Bertz CT molecular complexity index is 458. The summed E-state index contributed by atoms with van der Waals surface area (Å²) in [4.78, 5) is 11.5. The Kier molecular flexibility index (Phi) is 3.88. The van der Waals surface area contributed by atoms with Crippen molar-refractivity contribution in [2.75, 3.05) is 13.1 Å². The molecule has 0 bridgehead atoms. The average molecular weight is 272 g/mol. The minimum atomic E-state index is -0.810. The summed E-state index contributed by atoms with van der Waals surface area (Å²) >= 11 is 5.72. The Morgan fingerprint density at radius 1 is 1.56 bits per heavy atom. The molecule has 1 aromatic rings. The van der Waals surface area contributed by atoms with Crippen LogP contribution in [0.25, 0.3) is 0 Å². The fourth-order valence-electron chi connectivity index (χ4n) is 2.42. The molecule has 1 aliphatic rings. The van der Waals surface area contributed by atoms with Gasteiger partial charge in [-0.05, 0) is 43.5 Å². The lowest BCUT2D eigenvalue weighted by Crippen LogP contribution is -2.47. The van der Waals surface area contributed by atoms with E-state index in [2.05, 4.69) is 5.32 Å². The Hall–Kier alpha value is -1.13. The zero-order valence-corrected chi connectivity index (χ0v) is 10.6. The Morgan fingerprint density at radius 3 is 2.89 bits per heavy atom. The van der Waals surface area contributed by atoms with Crippen LogP contribution in [0.4, 0.5) is 4.39 Å². The number of hydrogen-bond acceptors (Lipinski definition) is 2. The molecule has 1 aromatic carbocycles. The number of nitrogens with one attached hydrogen (secondary N) is 1. The molecule has 0 spiro atoms. The normalized spacial score (nSPS) is 23.9. The highest BCUT2D eigenvalue weighted by Crippen LogP contribution is 2.32. The van der Waals surface area contributed by atoms with E-state index in [9.17, 15) is 14.3 Å². The molecule has 1 aliphatic heterocycles. The van der Waals surface area contributed by atoms with Gasteiger partial charge in [0.1, 0.15) is 5.82 Å². The van der Waals surface area contributed by atoms with E-state index in [1.54, 1.807) is 6.07 Å². The minimum absolute atomic E-state index is 0.0387. The zero-order valence-electron chi connectivity index (χ0n) is 9.88. The van der Waals surface area contributed by atoms with E-state index >= 15 is 0 Å². The number of carboxylic acid groups (broad SMARTS) is 1. The predicted molar refractivity (Wildman–Crippen MR) is 67.3 cm³/mol. The van der Waals surface area contributed by atoms with Gasteiger partial charge in [-0.2, -0.15) is 0 Å². The quantitative estimate of drug-likeness (QED) is 0.888. The number of halogens is 2. The topological polar surface area (TPSA) is 49.3 Å². The first kappa shape index (κ1) is 13.3. The van der Waals surface area contributed by atoms with Crippen LogP contribution in [0, 0.1) is 11.2 Å². The Balaban J connectivity index is 2.23. The summed E-state index contributed by atoms with van der Waals surface area (Å²) in [6.45, 7) is 1.29. The lowest BCUT2D eigenvalue weighted by atomic mass is 9.76. The smallest absolute Gasteiger partial charge is 0.311 e. The van der Waals surface area contributed by atoms with Gasteiger partial charge in [0.2, 0.25) is 0 Å². The Morgan fingerprint density at radius 2 is 2.33 bits per heavy atom. The molecule has 1 atom stereocenters. The van der Waals surface area contributed by atoms with Gasteiger partial charge in [0, 0.05) is 6.54 Å². The second kappa shape index (κ2) is 5.24. The standard InChI is InChI=1S/C13H15ClFNO2/c14-10-6-9(2-3-11(10)15)7-13(12(17)18)4-1-5-16-8-13/h2-3,6,16H,1,4-5,7-8H2,(H,17,18). The van der Waals surface area contributed by atoms with Gasteiger partial charge in [0.15, 0.2) is 0 Å². The fraction of sp³-hybridized carbons (Fsp3) is 0.462. The maximum Gasteiger partial charge on any atom is 0.311 e. The third kappa shape index (κ3) is 2.65. The highest BCUT2D eigenvalue weighted by molar-refractivity contribution is 6.30. The van der Waals surface area contributed by atoms with Crippen molar-refractivity contribution in [3.05, 3.63) is 34.6 Å². The second-order valence-electron chi connectivity index (χ2n) is 4.79. The van der Waals surface area contributed by atoms with Crippen LogP contribution in [0.2, 0.25) is 5.02 Å². The molecule has 1 heterocycles. The van der Waals surface area contributed by atoms with Crippen molar-refractivity contribution in [3.63, 3.8) is 0 Å². The fourth-order valence-corrected chi connectivity index (χ4v) is 2.62. The Labute approximate surface area is 110 Å². The van der Waals surface area contributed by atoms with Crippen LogP contribution in [-0.2, 0) is 11.2 Å². The first-order valence-corrected chi connectivity index (χ1v) is 6.29. The van der Waals surface area contributed by atoms with Crippen molar-refractivity contribution in [2.45, 2.75) is 19.3 Å². The van der Waals surface area contributed by atoms with Gasteiger partial charge in [0.25, 0.3) is 0 Å². The van der Waals surface area contributed by atoms with Crippen molar-refractivity contribution < 1.29 is 14.3 Å². The first-order chi connectivity index (χ1) is 8.53. The molecule has 0 aliphatic carbocycles. The molecular formula is C13H15ClFNO2. The summed E-state index contributed by atoms with van der Waals surface area (Å²) in [6.07, 6.45) is 1.83. The van der Waals surface area contributed by atoms with Crippen LogP contribution in [0.15, 0.2) is 18.2 Å². The summed E-state index contributed by atoms with van der Waals surface area (Å²) in [6, 6.07) is 4.39.